The van der Waals surface area contributed by atoms with E-state index in [4.69, 9.17) is 14.2 Å². The van der Waals surface area contributed by atoms with Crippen LogP contribution in [0.4, 0.5) is 4.79 Å². The quantitative estimate of drug-likeness (QED) is 0.177. The number of pyridine rings is 1. The molecule has 2 saturated carbocycles. The minimum absolute atomic E-state index is 0.0432. The molecule has 5 atom stereocenters. The van der Waals surface area contributed by atoms with Gasteiger partial charge in [0.1, 0.15) is 35.1 Å². The summed E-state index contributed by atoms with van der Waals surface area (Å²) < 4.78 is 44.6. The van der Waals surface area contributed by atoms with Gasteiger partial charge in [0.25, 0.3) is 5.91 Å². The fourth-order valence-corrected chi connectivity index (χ4v) is 7.85. The van der Waals surface area contributed by atoms with Gasteiger partial charge in [-0.1, -0.05) is 11.6 Å². The van der Waals surface area contributed by atoms with Crippen molar-refractivity contribution in [2.24, 2.45) is 5.92 Å². The van der Waals surface area contributed by atoms with Crippen LogP contribution in [-0.4, -0.2) is 96.1 Å². The first-order valence-electron chi connectivity index (χ1n) is 17.9. The second-order valence-corrected chi connectivity index (χ2v) is 17.3. The Balaban J connectivity index is 1.45. The monoisotopic (exact) mass is 767 g/mol. The number of rotatable bonds is 15. The number of ether oxygens (including phenoxy) is 3. The van der Waals surface area contributed by atoms with Gasteiger partial charge in [0.15, 0.2) is 5.78 Å². The van der Waals surface area contributed by atoms with Crippen LogP contribution in [0.3, 0.4) is 0 Å². The van der Waals surface area contributed by atoms with Crippen molar-refractivity contribution in [3.63, 3.8) is 0 Å². The van der Waals surface area contributed by atoms with E-state index in [1.165, 1.54) is 17.1 Å². The molecule has 3 N–H and O–H groups in total. The number of nitrogens with zero attached hydrogens (tertiary/aromatic N) is 2. The normalized spacial score (nSPS) is 22.7. The SMILES string of the molecule is C=CC1C[C@]1(NC(=O)[C@@H]1C[C@@H](Oc2nccc3cc(OC)ccc23)CN1C(=O)[C@H](CCC(=O)C=C(C)C)NC(=O)OC(C)(C)C)C(=O)NS(=O)(=O)C1CC1. The van der Waals surface area contributed by atoms with Gasteiger partial charge < -0.3 is 29.7 Å². The molecule has 4 amide bonds. The summed E-state index contributed by atoms with van der Waals surface area (Å²) in [6, 6.07) is 4.62. The van der Waals surface area contributed by atoms with Gasteiger partial charge in [-0.05, 0) is 96.0 Å². The van der Waals surface area contributed by atoms with Crippen LogP contribution >= 0.6 is 0 Å². The fraction of sp³-hybridized carbons (Fsp3) is 0.526. The molecule has 16 heteroatoms. The lowest BCUT2D eigenvalue weighted by Crippen LogP contribution is -2.58. The van der Waals surface area contributed by atoms with E-state index in [1.807, 2.05) is 6.07 Å². The zero-order valence-electron chi connectivity index (χ0n) is 31.5. The molecule has 1 aromatic heterocycles. The Morgan fingerprint density at radius 1 is 1.13 bits per heavy atom. The molecule has 0 bridgehead atoms. The summed E-state index contributed by atoms with van der Waals surface area (Å²) in [4.78, 5) is 73.6. The van der Waals surface area contributed by atoms with E-state index in [0.717, 1.165) is 11.0 Å². The van der Waals surface area contributed by atoms with E-state index < -0.39 is 74.3 Å². The van der Waals surface area contributed by atoms with E-state index in [2.05, 4.69) is 26.9 Å². The molecule has 1 aromatic carbocycles. The molecule has 2 aliphatic carbocycles. The first-order chi connectivity index (χ1) is 25.4. The van der Waals surface area contributed by atoms with Crippen molar-refractivity contribution in [3.05, 3.63) is 54.8 Å². The summed E-state index contributed by atoms with van der Waals surface area (Å²) in [5.74, 6) is -2.24. The van der Waals surface area contributed by atoms with Crippen LogP contribution in [0.5, 0.6) is 11.6 Å². The van der Waals surface area contributed by atoms with Crippen LogP contribution in [0.15, 0.2) is 54.8 Å². The Morgan fingerprint density at radius 3 is 2.46 bits per heavy atom. The maximum Gasteiger partial charge on any atom is 0.408 e. The number of methoxy groups -OCH3 is 1. The molecule has 1 saturated heterocycles. The largest absolute Gasteiger partial charge is 0.497 e. The number of amides is 4. The molecule has 3 aliphatic rings. The lowest BCUT2D eigenvalue weighted by atomic mass is 10.1. The highest BCUT2D eigenvalue weighted by atomic mass is 32.2. The number of likely N-dealkylation sites (tertiary alicyclic amines) is 1. The molecule has 292 valence electrons. The first-order valence-corrected chi connectivity index (χ1v) is 19.5. The van der Waals surface area contributed by atoms with Gasteiger partial charge in [-0.2, -0.15) is 0 Å². The third-order valence-electron chi connectivity index (χ3n) is 9.43. The minimum atomic E-state index is -3.93. The number of fused-ring (bicyclic) bond motifs is 1. The van der Waals surface area contributed by atoms with Crippen molar-refractivity contribution in [1.82, 2.24) is 25.2 Å². The van der Waals surface area contributed by atoms with Crippen molar-refractivity contribution in [3.8, 4) is 11.6 Å². The zero-order chi connectivity index (χ0) is 39.6. The van der Waals surface area contributed by atoms with Crippen LogP contribution in [0.2, 0.25) is 0 Å². The van der Waals surface area contributed by atoms with E-state index in [-0.39, 0.29) is 43.9 Å². The molecule has 1 unspecified atom stereocenters. The van der Waals surface area contributed by atoms with Gasteiger partial charge >= 0.3 is 6.09 Å². The number of nitrogens with one attached hydrogen (secondary N) is 3. The van der Waals surface area contributed by atoms with Crippen LogP contribution < -0.4 is 24.8 Å². The second-order valence-electron chi connectivity index (χ2n) is 15.3. The predicted octanol–water partition coefficient (Wildman–Crippen LogP) is 3.47. The number of ketones is 1. The smallest absolute Gasteiger partial charge is 0.408 e. The standard InChI is InChI=1S/C38H49N5O10S/c1-8-24-20-38(24,35(47)42-54(49,50)28-11-12-28)41-32(45)31-19-27(52-33-29-13-10-26(51-7)18-23(29)15-16-39-33)21-43(31)34(46)30(14-9-25(44)17-22(2)3)40-36(48)53-37(4,5)6/h8,10,13,15-18,24,27-28,30-31H,1,9,11-12,14,19-21H2,2-7H3,(H,40,48)(H,41,45)(H,42,47)/t24?,27-,30+,31+,38-/m1/s1. The van der Waals surface area contributed by atoms with Crippen LogP contribution in [0, 0.1) is 5.92 Å². The van der Waals surface area contributed by atoms with Gasteiger partial charge in [-0.3, -0.25) is 23.9 Å². The summed E-state index contributed by atoms with van der Waals surface area (Å²) in [7, 11) is -2.38. The number of hydrogen-bond acceptors (Lipinski definition) is 11. The van der Waals surface area contributed by atoms with E-state index in [1.54, 1.807) is 66.1 Å². The van der Waals surface area contributed by atoms with Crippen molar-refractivity contribution in [2.75, 3.05) is 13.7 Å². The molecular formula is C38H49N5O10S. The van der Waals surface area contributed by atoms with Crippen molar-refractivity contribution in [2.45, 2.75) is 108 Å². The number of carbonyl (C=O) groups is 5. The average Bonchev–Trinajstić information content (AvgIpc) is 4.02. The molecule has 0 radical (unpaired) electrons. The number of alkyl carbamates (subject to hydrolysis) is 1. The number of aromatic nitrogens is 1. The number of sulfonamides is 1. The third kappa shape index (κ3) is 9.56. The Hall–Kier alpha value is -4.99. The molecule has 1 aliphatic heterocycles. The Bertz CT molecular complexity index is 1970. The van der Waals surface area contributed by atoms with Gasteiger partial charge in [0.05, 0.1) is 18.9 Å². The van der Waals surface area contributed by atoms with E-state index in [9.17, 15) is 32.4 Å². The molecule has 0 spiro atoms. The number of allylic oxidation sites excluding steroid dienone is 2. The van der Waals surface area contributed by atoms with Gasteiger partial charge in [0, 0.05) is 30.3 Å². The van der Waals surface area contributed by atoms with Crippen molar-refractivity contribution in [1.29, 1.82) is 0 Å². The molecular weight excluding hydrogens is 719 g/mol. The van der Waals surface area contributed by atoms with E-state index in [0.29, 0.717) is 24.0 Å². The van der Waals surface area contributed by atoms with Crippen molar-refractivity contribution >= 4 is 50.4 Å². The Kier molecular flexibility index (Phi) is 11.7. The highest BCUT2D eigenvalue weighted by molar-refractivity contribution is 7.91. The molecule has 54 heavy (non-hydrogen) atoms. The maximum absolute atomic E-state index is 14.5. The predicted molar refractivity (Wildman–Crippen MR) is 199 cm³/mol. The molecule has 2 heterocycles. The Labute approximate surface area is 315 Å². The fourth-order valence-electron chi connectivity index (χ4n) is 6.49. The molecule has 5 rings (SSSR count). The number of benzene rings is 1. The maximum atomic E-state index is 14.5. The van der Waals surface area contributed by atoms with Gasteiger partial charge in [0.2, 0.25) is 27.7 Å². The highest BCUT2D eigenvalue weighted by Crippen LogP contribution is 2.45. The lowest BCUT2D eigenvalue weighted by molar-refractivity contribution is -0.141. The van der Waals surface area contributed by atoms with Gasteiger partial charge in [-0.15, -0.1) is 6.58 Å². The topological polar surface area (TPSA) is 199 Å². The summed E-state index contributed by atoms with van der Waals surface area (Å²) >= 11 is 0. The van der Waals surface area contributed by atoms with E-state index >= 15 is 0 Å². The molecule has 3 fully saturated rings. The summed E-state index contributed by atoms with van der Waals surface area (Å²) in [5, 5.41) is 6.10. The third-order valence-corrected chi connectivity index (χ3v) is 11.2. The Morgan fingerprint density at radius 2 is 1.85 bits per heavy atom. The van der Waals surface area contributed by atoms with Crippen LogP contribution in [0.25, 0.3) is 10.8 Å². The van der Waals surface area contributed by atoms with Gasteiger partial charge in [-0.25, -0.2) is 18.2 Å². The second kappa shape index (κ2) is 15.8. The van der Waals surface area contributed by atoms with Crippen LogP contribution in [0.1, 0.15) is 73.1 Å². The number of hydrogen-bond donors (Lipinski definition) is 3. The average molecular weight is 768 g/mol. The molecule has 15 nitrogen and oxygen atoms in total. The summed E-state index contributed by atoms with van der Waals surface area (Å²) in [6.07, 6.45) is 3.53. The summed E-state index contributed by atoms with van der Waals surface area (Å²) in [5.41, 5.74) is -1.73. The van der Waals surface area contributed by atoms with Crippen molar-refractivity contribution < 1.29 is 46.6 Å². The molecule has 2 aromatic rings. The minimum Gasteiger partial charge on any atom is -0.497 e. The zero-order valence-corrected chi connectivity index (χ0v) is 32.3. The number of carbonyl (C=O) groups excluding carboxylic acids is 5. The first kappa shape index (κ1) is 40.2. The lowest BCUT2D eigenvalue weighted by Gasteiger charge is -2.30. The van der Waals surface area contributed by atoms with Crippen LogP contribution in [-0.2, 0) is 33.9 Å². The highest BCUT2D eigenvalue weighted by Gasteiger charge is 2.62. The summed E-state index contributed by atoms with van der Waals surface area (Å²) in [6.45, 7) is 12.1.